The van der Waals surface area contributed by atoms with Crippen LogP contribution in [0, 0.1) is 6.92 Å². The lowest BCUT2D eigenvalue weighted by Crippen LogP contribution is -2.33. The van der Waals surface area contributed by atoms with Crippen molar-refractivity contribution in [1.82, 2.24) is 10.6 Å². The van der Waals surface area contributed by atoms with E-state index in [1.807, 2.05) is 26.0 Å². The molecular weight excluding hydrogens is 280 g/mol. The van der Waals surface area contributed by atoms with E-state index in [4.69, 9.17) is 9.47 Å². The Morgan fingerprint density at radius 1 is 1.36 bits per heavy atom. The second kappa shape index (κ2) is 7.49. The molecule has 1 fully saturated rings. The number of nitrogens with one attached hydrogen (secondary N) is 2. The van der Waals surface area contributed by atoms with Crippen molar-refractivity contribution in [2.45, 2.75) is 45.2 Å². The molecule has 5 heteroatoms. The molecule has 1 saturated heterocycles. The van der Waals surface area contributed by atoms with Crippen molar-refractivity contribution in [3.05, 3.63) is 23.3 Å². The molecule has 122 valence electrons. The molecule has 5 nitrogen and oxygen atoms in total. The molecule has 1 heterocycles. The Labute approximate surface area is 132 Å². The molecular formula is C17H26N2O3. The first kappa shape index (κ1) is 16.6. The molecule has 1 amide bonds. The van der Waals surface area contributed by atoms with Crippen molar-refractivity contribution in [1.29, 1.82) is 0 Å². The number of methoxy groups -OCH3 is 2. The van der Waals surface area contributed by atoms with Crippen LogP contribution in [-0.2, 0) is 4.79 Å². The summed E-state index contributed by atoms with van der Waals surface area (Å²) >= 11 is 0. The largest absolute Gasteiger partial charge is 0.493 e. The molecule has 0 bridgehead atoms. The van der Waals surface area contributed by atoms with E-state index in [1.165, 1.54) is 0 Å². The van der Waals surface area contributed by atoms with Crippen molar-refractivity contribution >= 4 is 5.91 Å². The van der Waals surface area contributed by atoms with E-state index in [9.17, 15) is 4.79 Å². The van der Waals surface area contributed by atoms with Gasteiger partial charge in [-0.15, -0.1) is 0 Å². The highest BCUT2D eigenvalue weighted by molar-refractivity contribution is 5.77. The molecule has 1 aromatic rings. The summed E-state index contributed by atoms with van der Waals surface area (Å²) in [5.74, 6) is 1.47. The number of rotatable bonds is 6. The first-order valence-corrected chi connectivity index (χ1v) is 7.80. The summed E-state index contributed by atoms with van der Waals surface area (Å²) in [6.45, 7) is 5.02. The quantitative estimate of drug-likeness (QED) is 0.847. The Morgan fingerprint density at radius 3 is 2.64 bits per heavy atom. The third kappa shape index (κ3) is 3.91. The van der Waals surface area contributed by atoms with E-state index in [0.29, 0.717) is 24.0 Å². The average Bonchev–Trinajstić information content (AvgIpc) is 2.99. The molecule has 0 aromatic heterocycles. The fraction of sp³-hybridized carbons (Fsp3) is 0.588. The molecule has 22 heavy (non-hydrogen) atoms. The fourth-order valence-corrected chi connectivity index (χ4v) is 3.00. The standard InChI is InChI=1S/C17H26N2O3/c1-11-8-15(21-3)16(22-4)10-14(11)12(2)19-17(20)9-13-6-5-7-18-13/h8,10,12-13,18H,5-7,9H2,1-4H3,(H,19,20). The minimum absolute atomic E-state index is 0.0614. The van der Waals surface area contributed by atoms with E-state index in [2.05, 4.69) is 10.6 Å². The summed E-state index contributed by atoms with van der Waals surface area (Å²) in [7, 11) is 3.24. The second-order valence-electron chi connectivity index (χ2n) is 5.85. The van der Waals surface area contributed by atoms with E-state index >= 15 is 0 Å². The average molecular weight is 306 g/mol. The number of carbonyl (C=O) groups is 1. The predicted molar refractivity (Wildman–Crippen MR) is 86.5 cm³/mol. The van der Waals surface area contributed by atoms with Crippen molar-refractivity contribution in [2.24, 2.45) is 0 Å². The van der Waals surface area contributed by atoms with Gasteiger partial charge in [0.2, 0.25) is 5.91 Å². The van der Waals surface area contributed by atoms with Crippen molar-refractivity contribution in [2.75, 3.05) is 20.8 Å². The van der Waals surface area contributed by atoms with Gasteiger partial charge in [0.25, 0.3) is 0 Å². The molecule has 2 atom stereocenters. The fourth-order valence-electron chi connectivity index (χ4n) is 3.00. The molecule has 0 spiro atoms. The normalized spacial score (nSPS) is 18.8. The van der Waals surface area contributed by atoms with Gasteiger partial charge in [-0.05, 0) is 56.5 Å². The number of carbonyl (C=O) groups excluding carboxylic acids is 1. The summed E-state index contributed by atoms with van der Waals surface area (Å²) in [5.41, 5.74) is 2.12. The lowest BCUT2D eigenvalue weighted by Gasteiger charge is -2.20. The van der Waals surface area contributed by atoms with E-state index in [1.54, 1.807) is 14.2 Å². The van der Waals surface area contributed by atoms with Gasteiger partial charge in [0.1, 0.15) is 0 Å². The minimum atomic E-state index is -0.0614. The molecule has 0 saturated carbocycles. The Kier molecular flexibility index (Phi) is 5.66. The Bertz CT molecular complexity index is 525. The maximum atomic E-state index is 12.2. The highest BCUT2D eigenvalue weighted by Gasteiger charge is 2.20. The molecule has 2 N–H and O–H groups in total. The summed E-state index contributed by atoms with van der Waals surface area (Å²) in [5, 5.41) is 6.43. The third-order valence-electron chi connectivity index (χ3n) is 4.21. The Morgan fingerprint density at radius 2 is 2.05 bits per heavy atom. The number of aryl methyl sites for hydroxylation is 1. The first-order valence-electron chi connectivity index (χ1n) is 7.80. The summed E-state index contributed by atoms with van der Waals surface area (Å²) in [6.07, 6.45) is 2.77. The van der Waals surface area contributed by atoms with Crippen LogP contribution in [0.5, 0.6) is 11.5 Å². The summed E-state index contributed by atoms with van der Waals surface area (Å²) in [4.78, 5) is 12.2. The van der Waals surface area contributed by atoms with Crippen molar-refractivity contribution < 1.29 is 14.3 Å². The van der Waals surface area contributed by atoms with E-state index in [0.717, 1.165) is 30.5 Å². The first-order chi connectivity index (χ1) is 10.5. The van der Waals surface area contributed by atoms with Gasteiger partial charge in [-0.25, -0.2) is 0 Å². The third-order valence-corrected chi connectivity index (χ3v) is 4.21. The van der Waals surface area contributed by atoms with Crippen molar-refractivity contribution in [3.63, 3.8) is 0 Å². The molecule has 0 aliphatic carbocycles. The number of hydrogen-bond acceptors (Lipinski definition) is 4. The highest BCUT2D eigenvalue weighted by atomic mass is 16.5. The molecule has 2 unspecified atom stereocenters. The van der Waals surface area contributed by atoms with Gasteiger partial charge in [-0.1, -0.05) is 0 Å². The maximum Gasteiger partial charge on any atom is 0.222 e. The lowest BCUT2D eigenvalue weighted by molar-refractivity contribution is -0.122. The minimum Gasteiger partial charge on any atom is -0.493 e. The Hall–Kier alpha value is -1.75. The predicted octanol–water partition coefficient (Wildman–Crippen LogP) is 2.33. The zero-order valence-corrected chi connectivity index (χ0v) is 13.9. The zero-order chi connectivity index (χ0) is 16.1. The van der Waals surface area contributed by atoms with Gasteiger partial charge in [0.05, 0.1) is 20.3 Å². The van der Waals surface area contributed by atoms with Crippen molar-refractivity contribution in [3.8, 4) is 11.5 Å². The van der Waals surface area contributed by atoms with Crippen LogP contribution in [0.3, 0.4) is 0 Å². The molecule has 1 aliphatic heterocycles. The number of ether oxygens (including phenoxy) is 2. The van der Waals surface area contributed by atoms with Gasteiger partial charge in [0, 0.05) is 12.5 Å². The highest BCUT2D eigenvalue weighted by Crippen LogP contribution is 2.32. The maximum absolute atomic E-state index is 12.2. The van der Waals surface area contributed by atoms with Crippen LogP contribution in [0.4, 0.5) is 0 Å². The van der Waals surface area contributed by atoms with Crippen LogP contribution in [0.25, 0.3) is 0 Å². The van der Waals surface area contributed by atoms with Gasteiger partial charge < -0.3 is 20.1 Å². The zero-order valence-electron chi connectivity index (χ0n) is 13.9. The smallest absolute Gasteiger partial charge is 0.222 e. The van der Waals surface area contributed by atoms with Crippen LogP contribution < -0.4 is 20.1 Å². The van der Waals surface area contributed by atoms with Gasteiger partial charge >= 0.3 is 0 Å². The van der Waals surface area contributed by atoms with Gasteiger partial charge in [-0.3, -0.25) is 4.79 Å². The van der Waals surface area contributed by atoms with Gasteiger partial charge in [0.15, 0.2) is 11.5 Å². The Balaban J connectivity index is 2.04. The second-order valence-corrected chi connectivity index (χ2v) is 5.85. The number of hydrogen-bond donors (Lipinski definition) is 2. The topological polar surface area (TPSA) is 59.6 Å². The molecule has 1 aliphatic rings. The molecule has 1 aromatic carbocycles. The number of benzene rings is 1. The molecule has 2 rings (SSSR count). The SMILES string of the molecule is COc1cc(C)c(C(C)NC(=O)CC2CCCN2)cc1OC. The van der Waals surface area contributed by atoms with Gasteiger partial charge in [-0.2, -0.15) is 0 Å². The summed E-state index contributed by atoms with van der Waals surface area (Å²) < 4.78 is 10.6. The van der Waals surface area contributed by atoms with Crippen LogP contribution >= 0.6 is 0 Å². The van der Waals surface area contributed by atoms with E-state index in [-0.39, 0.29) is 11.9 Å². The molecule has 0 radical (unpaired) electrons. The lowest BCUT2D eigenvalue weighted by atomic mass is 10.0. The van der Waals surface area contributed by atoms with Crippen LogP contribution in [0.2, 0.25) is 0 Å². The van der Waals surface area contributed by atoms with Crippen LogP contribution in [0.15, 0.2) is 12.1 Å². The van der Waals surface area contributed by atoms with Crippen LogP contribution in [-0.4, -0.2) is 32.7 Å². The monoisotopic (exact) mass is 306 g/mol. The summed E-state index contributed by atoms with van der Waals surface area (Å²) in [6, 6.07) is 4.13. The van der Waals surface area contributed by atoms with Crippen LogP contribution in [0.1, 0.15) is 43.4 Å². The van der Waals surface area contributed by atoms with E-state index < -0.39 is 0 Å². The number of amides is 1.